The van der Waals surface area contributed by atoms with Gasteiger partial charge in [-0.15, -0.1) is 0 Å². The van der Waals surface area contributed by atoms with Crippen LogP contribution >= 0.6 is 0 Å². The SMILES string of the molecule is Cc1ccccc1N(c1ccc2c(c1)C(C)(C)c1cc(-c3ccccn3)c3oc4ccccc4c3c1-2)c1ccc2c(c1)C(C)(C)c1c3c(c4c(oc5ccccc54)c1-2)-c1ccccc1C3(C)C. The van der Waals surface area contributed by atoms with Gasteiger partial charge in [0.1, 0.15) is 22.3 Å². The summed E-state index contributed by atoms with van der Waals surface area (Å²) in [5, 5.41) is 4.68. The molecule has 0 spiro atoms. The van der Waals surface area contributed by atoms with Crippen LogP contribution in [0.1, 0.15) is 80.5 Å². The summed E-state index contributed by atoms with van der Waals surface area (Å²) in [6.07, 6.45) is 1.87. The molecule has 0 saturated carbocycles. The van der Waals surface area contributed by atoms with Crippen LogP contribution in [0.5, 0.6) is 0 Å². The highest BCUT2D eigenvalue weighted by Crippen LogP contribution is 2.64. The van der Waals surface area contributed by atoms with E-state index in [1.807, 2.05) is 12.3 Å². The number of para-hydroxylation sites is 3. The monoisotopic (exact) mass is 864 g/mol. The highest BCUT2D eigenvalue weighted by molar-refractivity contribution is 6.21. The van der Waals surface area contributed by atoms with Gasteiger partial charge < -0.3 is 13.7 Å². The van der Waals surface area contributed by atoms with Crippen molar-refractivity contribution in [1.82, 2.24) is 4.98 Å². The van der Waals surface area contributed by atoms with Crippen LogP contribution < -0.4 is 4.90 Å². The van der Waals surface area contributed by atoms with E-state index in [2.05, 4.69) is 205 Å². The van der Waals surface area contributed by atoms with Crippen LogP contribution in [0.4, 0.5) is 17.1 Å². The van der Waals surface area contributed by atoms with Gasteiger partial charge in [-0.05, 0) is 134 Å². The average Bonchev–Trinajstić information content (AvgIpc) is 4.09. The van der Waals surface area contributed by atoms with Gasteiger partial charge in [-0.3, -0.25) is 4.98 Å². The summed E-state index contributed by atoms with van der Waals surface area (Å²) in [6, 6.07) is 57.7. The molecule has 0 aliphatic heterocycles. The quantitative estimate of drug-likeness (QED) is 0.177. The molecule has 11 aromatic rings. The Bertz CT molecular complexity index is 3970. The van der Waals surface area contributed by atoms with E-state index in [1.165, 1.54) is 83.1 Å². The summed E-state index contributed by atoms with van der Waals surface area (Å²) in [6.45, 7) is 16.7. The fourth-order valence-corrected chi connectivity index (χ4v) is 12.8. The molecule has 0 amide bonds. The zero-order chi connectivity index (χ0) is 45.3. The summed E-state index contributed by atoms with van der Waals surface area (Å²) in [4.78, 5) is 7.32. The number of hydrogen-bond donors (Lipinski definition) is 0. The number of hydrogen-bond acceptors (Lipinski definition) is 4. The lowest BCUT2D eigenvalue weighted by atomic mass is 9.72. The van der Waals surface area contributed by atoms with Gasteiger partial charge in [0.25, 0.3) is 0 Å². The number of anilines is 3. The second kappa shape index (κ2) is 13.0. The number of aryl methyl sites for hydroxylation is 1. The Kier molecular flexibility index (Phi) is 7.49. The topological polar surface area (TPSA) is 42.4 Å². The summed E-state index contributed by atoms with van der Waals surface area (Å²) >= 11 is 0. The Morgan fingerprint density at radius 2 is 0.985 bits per heavy atom. The summed E-state index contributed by atoms with van der Waals surface area (Å²) < 4.78 is 13.8. The molecule has 4 heteroatoms. The summed E-state index contributed by atoms with van der Waals surface area (Å²) in [7, 11) is 0. The van der Waals surface area contributed by atoms with Gasteiger partial charge in [-0.25, -0.2) is 0 Å². The van der Waals surface area contributed by atoms with E-state index in [9.17, 15) is 0 Å². The van der Waals surface area contributed by atoms with Gasteiger partial charge in [-0.1, -0.05) is 139 Å². The van der Waals surface area contributed by atoms with E-state index < -0.39 is 0 Å². The maximum atomic E-state index is 7.03. The molecule has 0 bridgehead atoms. The molecule has 3 aliphatic carbocycles. The zero-order valence-corrected chi connectivity index (χ0v) is 38.8. The Morgan fingerprint density at radius 1 is 0.433 bits per heavy atom. The Hall–Kier alpha value is -7.69. The molecule has 0 unspecified atom stereocenters. The summed E-state index contributed by atoms with van der Waals surface area (Å²) in [5.41, 5.74) is 25.1. The molecule has 3 heterocycles. The van der Waals surface area contributed by atoms with Crippen LogP contribution in [-0.2, 0) is 16.2 Å². The van der Waals surface area contributed by atoms with E-state index in [0.29, 0.717) is 0 Å². The predicted octanol–water partition coefficient (Wildman–Crippen LogP) is 17.2. The minimum atomic E-state index is -0.333. The van der Waals surface area contributed by atoms with Crippen LogP contribution in [0.2, 0.25) is 0 Å². The van der Waals surface area contributed by atoms with Crippen LogP contribution in [0.25, 0.3) is 88.5 Å². The number of nitrogens with zero attached hydrogens (tertiary/aromatic N) is 2. The first-order valence-corrected chi connectivity index (χ1v) is 23.6. The number of benzene rings is 8. The third-order valence-corrected chi connectivity index (χ3v) is 16.0. The molecule has 0 fully saturated rings. The minimum Gasteiger partial charge on any atom is -0.455 e. The molecule has 322 valence electrons. The molecular weight excluding hydrogens is 817 g/mol. The highest BCUT2D eigenvalue weighted by Gasteiger charge is 2.49. The van der Waals surface area contributed by atoms with Crippen molar-refractivity contribution in [2.45, 2.75) is 64.7 Å². The first-order valence-electron chi connectivity index (χ1n) is 23.6. The first kappa shape index (κ1) is 38.6. The third kappa shape index (κ3) is 4.90. The zero-order valence-electron chi connectivity index (χ0n) is 38.8. The maximum absolute atomic E-state index is 7.03. The normalized spacial score (nSPS) is 15.4. The fraction of sp³-hybridized carbons (Fsp3) is 0.159. The molecule has 0 saturated heterocycles. The lowest BCUT2D eigenvalue weighted by Crippen LogP contribution is -2.24. The number of rotatable bonds is 4. The number of fused-ring (bicyclic) bond motifs is 19. The number of pyridine rings is 1. The number of furan rings is 2. The second-order valence-electron chi connectivity index (χ2n) is 20.7. The molecular formula is C63H48N2O2. The van der Waals surface area contributed by atoms with Crippen molar-refractivity contribution >= 4 is 60.9 Å². The summed E-state index contributed by atoms with van der Waals surface area (Å²) in [5.74, 6) is 0. The maximum Gasteiger partial charge on any atom is 0.145 e. The lowest BCUT2D eigenvalue weighted by Gasteiger charge is -2.32. The van der Waals surface area contributed by atoms with Crippen molar-refractivity contribution in [3.05, 3.63) is 203 Å². The van der Waals surface area contributed by atoms with Gasteiger partial charge in [0, 0.05) is 72.2 Å². The van der Waals surface area contributed by atoms with E-state index in [0.717, 1.165) is 61.4 Å². The van der Waals surface area contributed by atoms with Gasteiger partial charge in [0.15, 0.2) is 0 Å². The largest absolute Gasteiger partial charge is 0.455 e. The Labute approximate surface area is 390 Å². The van der Waals surface area contributed by atoms with Gasteiger partial charge in [0.2, 0.25) is 0 Å². The van der Waals surface area contributed by atoms with Gasteiger partial charge in [0.05, 0.1) is 5.69 Å². The standard InChI is InChI=1S/C63H48N2O2/c1-35-18-8-13-24-49(35)65(36-27-29-39-45(32-36)61(2,3)47-34-43(48-23-16-17-31-64-48)59-54(52(39)47)41-20-10-14-25-50(41)66-59)37-28-30-40-46(33-37)63(6,7)58-56(40)60-55(42-21-11-15-26-51(42)67-60)53-38-19-9-12-22-44(38)62(4,5)57(53)58/h8-34H,1-7H3. The van der Waals surface area contributed by atoms with Crippen molar-refractivity contribution in [3.8, 4) is 44.6 Å². The molecule has 4 nitrogen and oxygen atoms in total. The van der Waals surface area contributed by atoms with Crippen molar-refractivity contribution in [2.24, 2.45) is 0 Å². The van der Waals surface area contributed by atoms with Crippen molar-refractivity contribution < 1.29 is 8.83 Å². The Morgan fingerprint density at radius 3 is 1.69 bits per heavy atom. The molecule has 0 radical (unpaired) electrons. The van der Waals surface area contributed by atoms with Crippen LogP contribution in [0, 0.1) is 6.92 Å². The van der Waals surface area contributed by atoms with E-state index in [-0.39, 0.29) is 16.2 Å². The van der Waals surface area contributed by atoms with E-state index in [4.69, 9.17) is 13.8 Å². The number of aromatic nitrogens is 1. The Balaban J connectivity index is 0.989. The molecule has 14 rings (SSSR count). The minimum absolute atomic E-state index is 0.209. The third-order valence-electron chi connectivity index (χ3n) is 16.0. The van der Waals surface area contributed by atoms with Crippen molar-refractivity contribution in [3.63, 3.8) is 0 Å². The predicted molar refractivity (Wildman–Crippen MR) is 276 cm³/mol. The molecule has 0 N–H and O–H groups in total. The molecule has 67 heavy (non-hydrogen) atoms. The smallest absolute Gasteiger partial charge is 0.145 e. The van der Waals surface area contributed by atoms with Crippen molar-refractivity contribution in [2.75, 3.05) is 4.90 Å². The molecule has 8 aromatic carbocycles. The van der Waals surface area contributed by atoms with Crippen LogP contribution in [-0.4, -0.2) is 4.98 Å². The second-order valence-corrected chi connectivity index (χ2v) is 20.7. The highest BCUT2D eigenvalue weighted by atomic mass is 16.3. The first-order chi connectivity index (χ1) is 32.4. The molecule has 3 aliphatic rings. The average molecular weight is 865 g/mol. The van der Waals surface area contributed by atoms with Crippen molar-refractivity contribution in [1.29, 1.82) is 0 Å². The molecule has 3 aromatic heterocycles. The molecule has 0 atom stereocenters. The van der Waals surface area contributed by atoms with Gasteiger partial charge >= 0.3 is 0 Å². The lowest BCUT2D eigenvalue weighted by molar-refractivity contribution is 0.600. The van der Waals surface area contributed by atoms with Crippen LogP contribution in [0.3, 0.4) is 0 Å². The van der Waals surface area contributed by atoms with E-state index >= 15 is 0 Å². The van der Waals surface area contributed by atoms with Crippen LogP contribution in [0.15, 0.2) is 173 Å². The van der Waals surface area contributed by atoms with Gasteiger partial charge in [-0.2, -0.15) is 0 Å². The fourth-order valence-electron chi connectivity index (χ4n) is 12.8. The van der Waals surface area contributed by atoms with E-state index in [1.54, 1.807) is 0 Å².